The monoisotopic (exact) mass is 405 g/mol. The number of anilines is 1. The molecular weight excluding hydrogens is 378 g/mol. The molecule has 0 spiro atoms. The molecule has 0 bridgehead atoms. The fraction of sp³-hybridized carbons (Fsp3) is 0.375. The zero-order valence-electron chi connectivity index (χ0n) is 17.7. The first kappa shape index (κ1) is 20.1. The number of imidazole rings is 1. The molecule has 1 aromatic heterocycles. The van der Waals surface area contributed by atoms with Crippen LogP contribution in [0.25, 0.3) is 11.0 Å². The second-order valence-corrected chi connectivity index (χ2v) is 8.01. The van der Waals surface area contributed by atoms with Crippen molar-refractivity contribution in [2.45, 2.75) is 52.2 Å². The largest absolute Gasteiger partial charge is 0.462 e. The maximum absolute atomic E-state index is 12.8. The predicted octanol–water partition coefficient (Wildman–Crippen LogP) is 4.07. The van der Waals surface area contributed by atoms with E-state index in [1.807, 2.05) is 59.7 Å². The van der Waals surface area contributed by atoms with Crippen LogP contribution in [0.3, 0.4) is 0 Å². The summed E-state index contributed by atoms with van der Waals surface area (Å²) in [5.74, 6) is 0.457. The number of fused-ring (bicyclic) bond motifs is 1. The van der Waals surface area contributed by atoms with Crippen molar-refractivity contribution in [1.82, 2.24) is 9.55 Å². The van der Waals surface area contributed by atoms with Crippen LogP contribution in [0.2, 0.25) is 0 Å². The molecule has 1 saturated heterocycles. The van der Waals surface area contributed by atoms with E-state index in [-0.39, 0.29) is 30.4 Å². The Morgan fingerprint density at radius 1 is 1.17 bits per heavy atom. The number of nitrogens with zero attached hydrogens (tertiary/aromatic N) is 3. The van der Waals surface area contributed by atoms with E-state index in [0.717, 1.165) is 29.0 Å². The Balaban J connectivity index is 1.64. The fourth-order valence-corrected chi connectivity index (χ4v) is 4.04. The summed E-state index contributed by atoms with van der Waals surface area (Å²) in [4.78, 5) is 31.8. The van der Waals surface area contributed by atoms with Crippen LogP contribution in [-0.2, 0) is 27.3 Å². The van der Waals surface area contributed by atoms with Crippen LogP contribution < -0.4 is 4.90 Å². The summed E-state index contributed by atoms with van der Waals surface area (Å²) in [7, 11) is 0. The molecule has 0 radical (unpaired) electrons. The lowest BCUT2D eigenvalue weighted by Crippen LogP contribution is -2.25. The first-order valence-corrected chi connectivity index (χ1v) is 10.5. The van der Waals surface area contributed by atoms with Gasteiger partial charge in [0.1, 0.15) is 12.4 Å². The Hall–Kier alpha value is -3.15. The molecule has 0 unspecified atom stereocenters. The van der Waals surface area contributed by atoms with Gasteiger partial charge in [-0.05, 0) is 50.1 Å². The number of aryl methyl sites for hydroxylation is 1. The third kappa shape index (κ3) is 3.95. The number of amides is 1. The summed E-state index contributed by atoms with van der Waals surface area (Å²) >= 11 is 0. The van der Waals surface area contributed by atoms with Gasteiger partial charge in [0.05, 0.1) is 17.1 Å². The molecular formula is C24H27N3O3. The third-order valence-electron chi connectivity index (χ3n) is 5.48. The standard InChI is InChI=1S/C24H27N3O3/c1-4-17-9-11-19(12-10-17)26-14-18(13-22(26)28)24-25-20-7-5-6-8-21(20)27(24)15-23(29)30-16(2)3/h5-12,16,18H,4,13-15H2,1-3H3/t18-/m0/s1. The summed E-state index contributed by atoms with van der Waals surface area (Å²) in [5.41, 5.74) is 3.85. The van der Waals surface area contributed by atoms with Crippen LogP contribution in [0.1, 0.15) is 44.5 Å². The maximum atomic E-state index is 12.8. The van der Waals surface area contributed by atoms with Crippen LogP contribution in [-0.4, -0.2) is 34.1 Å². The second kappa shape index (κ2) is 8.30. The number of esters is 1. The average Bonchev–Trinajstić information content (AvgIpc) is 3.28. The molecule has 0 N–H and O–H groups in total. The molecule has 156 valence electrons. The number of benzene rings is 2. The minimum absolute atomic E-state index is 0.0765. The highest BCUT2D eigenvalue weighted by molar-refractivity contribution is 5.96. The van der Waals surface area contributed by atoms with Crippen molar-refractivity contribution in [3.63, 3.8) is 0 Å². The van der Waals surface area contributed by atoms with Gasteiger partial charge in [0, 0.05) is 24.6 Å². The molecule has 6 nitrogen and oxygen atoms in total. The summed E-state index contributed by atoms with van der Waals surface area (Å²) in [6.07, 6.45) is 1.16. The van der Waals surface area contributed by atoms with Gasteiger partial charge in [0.25, 0.3) is 0 Å². The Kier molecular flexibility index (Phi) is 5.57. The smallest absolute Gasteiger partial charge is 0.326 e. The molecule has 2 aromatic carbocycles. The van der Waals surface area contributed by atoms with Gasteiger partial charge in [-0.15, -0.1) is 0 Å². The summed E-state index contributed by atoms with van der Waals surface area (Å²) in [6.45, 7) is 6.42. The van der Waals surface area contributed by atoms with E-state index in [1.165, 1.54) is 5.56 Å². The average molecular weight is 405 g/mol. The zero-order chi connectivity index (χ0) is 21.3. The van der Waals surface area contributed by atoms with E-state index < -0.39 is 0 Å². The van der Waals surface area contributed by atoms with Crippen molar-refractivity contribution >= 4 is 28.6 Å². The number of carbonyl (C=O) groups is 2. The van der Waals surface area contributed by atoms with Crippen molar-refractivity contribution in [2.75, 3.05) is 11.4 Å². The van der Waals surface area contributed by atoms with Crippen molar-refractivity contribution < 1.29 is 14.3 Å². The quantitative estimate of drug-likeness (QED) is 0.580. The minimum Gasteiger partial charge on any atom is -0.462 e. The molecule has 6 heteroatoms. The van der Waals surface area contributed by atoms with E-state index in [4.69, 9.17) is 9.72 Å². The van der Waals surface area contributed by atoms with Gasteiger partial charge in [-0.1, -0.05) is 31.2 Å². The maximum Gasteiger partial charge on any atom is 0.326 e. The van der Waals surface area contributed by atoms with Crippen LogP contribution in [0, 0.1) is 0 Å². The van der Waals surface area contributed by atoms with Gasteiger partial charge in [0.15, 0.2) is 0 Å². The number of para-hydroxylation sites is 2. The van der Waals surface area contributed by atoms with Crippen molar-refractivity contribution in [3.05, 3.63) is 59.9 Å². The Labute approximate surface area is 176 Å². The summed E-state index contributed by atoms with van der Waals surface area (Å²) < 4.78 is 7.26. The molecule has 0 saturated carbocycles. The molecule has 4 rings (SSSR count). The normalized spacial score (nSPS) is 16.6. The number of rotatable bonds is 6. The van der Waals surface area contributed by atoms with E-state index in [2.05, 4.69) is 19.1 Å². The summed E-state index contributed by atoms with van der Waals surface area (Å²) in [5, 5.41) is 0. The lowest BCUT2D eigenvalue weighted by atomic mass is 10.1. The molecule has 1 aliphatic heterocycles. The van der Waals surface area contributed by atoms with Crippen molar-refractivity contribution in [2.24, 2.45) is 0 Å². The number of aromatic nitrogens is 2. The topological polar surface area (TPSA) is 64.4 Å². The number of ether oxygens (including phenoxy) is 1. The minimum atomic E-state index is -0.300. The Morgan fingerprint density at radius 2 is 1.90 bits per heavy atom. The molecule has 1 fully saturated rings. The van der Waals surface area contributed by atoms with Crippen LogP contribution in [0.5, 0.6) is 0 Å². The second-order valence-electron chi connectivity index (χ2n) is 8.01. The van der Waals surface area contributed by atoms with Crippen molar-refractivity contribution in [1.29, 1.82) is 0 Å². The van der Waals surface area contributed by atoms with Gasteiger partial charge in [0.2, 0.25) is 5.91 Å². The van der Waals surface area contributed by atoms with Gasteiger partial charge >= 0.3 is 5.97 Å². The van der Waals surface area contributed by atoms with E-state index in [9.17, 15) is 9.59 Å². The SMILES string of the molecule is CCc1ccc(N2C[C@@H](c3nc4ccccc4n3CC(=O)OC(C)C)CC2=O)cc1. The van der Waals surface area contributed by atoms with E-state index in [0.29, 0.717) is 13.0 Å². The first-order valence-electron chi connectivity index (χ1n) is 10.5. The molecule has 2 heterocycles. The highest BCUT2D eigenvalue weighted by Crippen LogP contribution is 2.33. The van der Waals surface area contributed by atoms with Gasteiger partial charge in [-0.25, -0.2) is 4.98 Å². The molecule has 3 aromatic rings. The van der Waals surface area contributed by atoms with Gasteiger partial charge < -0.3 is 14.2 Å². The molecule has 1 aliphatic rings. The molecule has 1 amide bonds. The number of hydrogen-bond donors (Lipinski definition) is 0. The summed E-state index contributed by atoms with van der Waals surface area (Å²) in [6, 6.07) is 15.9. The highest BCUT2D eigenvalue weighted by atomic mass is 16.5. The van der Waals surface area contributed by atoms with E-state index >= 15 is 0 Å². The lowest BCUT2D eigenvalue weighted by molar-refractivity contribution is -0.148. The molecule has 1 atom stereocenters. The predicted molar refractivity (Wildman–Crippen MR) is 116 cm³/mol. The Bertz CT molecular complexity index is 1070. The van der Waals surface area contributed by atoms with Crippen molar-refractivity contribution in [3.8, 4) is 0 Å². The van der Waals surface area contributed by atoms with Gasteiger partial charge in [-0.3, -0.25) is 9.59 Å². The molecule has 0 aliphatic carbocycles. The molecule has 30 heavy (non-hydrogen) atoms. The highest BCUT2D eigenvalue weighted by Gasteiger charge is 2.35. The lowest BCUT2D eigenvalue weighted by Gasteiger charge is -2.18. The number of carbonyl (C=O) groups excluding carboxylic acids is 2. The zero-order valence-corrected chi connectivity index (χ0v) is 17.7. The number of hydrogen-bond acceptors (Lipinski definition) is 4. The van der Waals surface area contributed by atoms with Gasteiger partial charge in [-0.2, -0.15) is 0 Å². The van der Waals surface area contributed by atoms with Crippen LogP contribution in [0.4, 0.5) is 5.69 Å². The fourth-order valence-electron chi connectivity index (χ4n) is 4.04. The first-order chi connectivity index (χ1) is 14.5. The third-order valence-corrected chi connectivity index (χ3v) is 5.48. The van der Waals surface area contributed by atoms with Crippen LogP contribution >= 0.6 is 0 Å². The Morgan fingerprint density at radius 3 is 2.60 bits per heavy atom. The van der Waals surface area contributed by atoms with E-state index in [1.54, 1.807) is 0 Å². The van der Waals surface area contributed by atoms with Crippen LogP contribution in [0.15, 0.2) is 48.5 Å².